The molecule has 0 saturated carbocycles. The van der Waals surface area contributed by atoms with Crippen LogP contribution < -0.4 is 32.8 Å². The van der Waals surface area contributed by atoms with Crippen molar-refractivity contribution in [3.63, 3.8) is 0 Å². The SMILES string of the molecule is Cc1cc(C)c(B2c3cc4c(cc3-n3c5cc(-c6ccccc6)cc(-c6ccccc6)c5c5cccc2c53)-n2c3cc(-c5ccccc5)cc(-c5ccccc5)c3c3cccc(c32)B4c2c(C)cc(C)cc2C)c(C)c1. The molecule has 2 aromatic heterocycles. The van der Waals surface area contributed by atoms with E-state index in [2.05, 4.69) is 269 Å². The highest BCUT2D eigenvalue weighted by molar-refractivity contribution is 7.01. The number of benzene rings is 11. The van der Waals surface area contributed by atoms with E-state index in [1.807, 2.05) is 0 Å². The first-order valence-corrected chi connectivity index (χ1v) is 27.0. The zero-order valence-corrected chi connectivity index (χ0v) is 43.8. The Kier molecular flexibility index (Phi) is 9.88. The summed E-state index contributed by atoms with van der Waals surface area (Å²) in [4.78, 5) is 0. The van der Waals surface area contributed by atoms with Crippen molar-refractivity contribution in [1.82, 2.24) is 9.13 Å². The molecule has 76 heavy (non-hydrogen) atoms. The molecule has 15 rings (SSSR count). The lowest BCUT2D eigenvalue weighted by molar-refractivity contribution is 1.15. The van der Waals surface area contributed by atoms with Gasteiger partial charge in [-0.1, -0.05) is 232 Å². The number of hydrogen-bond acceptors (Lipinski definition) is 0. The van der Waals surface area contributed by atoms with Crippen LogP contribution in [-0.4, -0.2) is 22.6 Å². The molecule has 0 bridgehead atoms. The Morgan fingerprint density at radius 2 is 0.645 bits per heavy atom. The summed E-state index contributed by atoms with van der Waals surface area (Å²) >= 11 is 0. The van der Waals surface area contributed by atoms with Crippen molar-refractivity contribution in [2.45, 2.75) is 41.5 Å². The molecule has 0 unspecified atom stereocenters. The van der Waals surface area contributed by atoms with Gasteiger partial charge in [-0.25, -0.2) is 0 Å². The molecule has 0 saturated heterocycles. The third-order valence-corrected chi connectivity index (χ3v) is 17.2. The second-order valence-corrected chi connectivity index (χ2v) is 21.9. The second kappa shape index (κ2) is 16.8. The van der Waals surface area contributed by atoms with Crippen molar-refractivity contribution in [3.8, 4) is 55.9 Å². The van der Waals surface area contributed by atoms with Gasteiger partial charge in [0, 0.05) is 44.0 Å². The third kappa shape index (κ3) is 6.50. The van der Waals surface area contributed by atoms with Crippen molar-refractivity contribution < 1.29 is 0 Å². The zero-order valence-electron chi connectivity index (χ0n) is 43.8. The molecule has 0 fully saturated rings. The maximum atomic E-state index is 2.68. The molecule has 13 aromatic rings. The maximum Gasteiger partial charge on any atom is 0.247 e. The Bertz CT molecular complexity index is 4230. The largest absolute Gasteiger partial charge is 0.310 e. The van der Waals surface area contributed by atoms with Crippen LogP contribution in [0.4, 0.5) is 0 Å². The van der Waals surface area contributed by atoms with Crippen LogP contribution in [0.2, 0.25) is 0 Å². The van der Waals surface area contributed by atoms with E-state index >= 15 is 0 Å². The molecule has 0 atom stereocenters. The van der Waals surface area contributed by atoms with Crippen LogP contribution in [0.25, 0.3) is 99.5 Å². The molecule has 358 valence electrons. The summed E-state index contributed by atoms with van der Waals surface area (Å²) in [5.41, 5.74) is 33.3. The summed E-state index contributed by atoms with van der Waals surface area (Å²) in [7, 11) is 0. The number of aromatic nitrogens is 2. The van der Waals surface area contributed by atoms with Crippen molar-refractivity contribution >= 4 is 89.8 Å². The van der Waals surface area contributed by atoms with E-state index in [1.165, 1.54) is 166 Å². The van der Waals surface area contributed by atoms with Gasteiger partial charge in [0.2, 0.25) is 13.4 Å². The fourth-order valence-corrected chi connectivity index (χ4v) is 14.4. The Balaban J connectivity index is 1.15. The van der Waals surface area contributed by atoms with Crippen LogP contribution in [0.5, 0.6) is 0 Å². The molecule has 11 aromatic carbocycles. The molecule has 0 N–H and O–H groups in total. The first-order chi connectivity index (χ1) is 37.2. The van der Waals surface area contributed by atoms with Crippen molar-refractivity contribution in [2.75, 3.05) is 0 Å². The predicted molar refractivity (Wildman–Crippen MR) is 327 cm³/mol. The second-order valence-electron chi connectivity index (χ2n) is 21.9. The van der Waals surface area contributed by atoms with Gasteiger partial charge in [0.05, 0.1) is 11.0 Å². The molecule has 2 aliphatic heterocycles. The van der Waals surface area contributed by atoms with E-state index in [4.69, 9.17) is 0 Å². The Morgan fingerprint density at radius 3 is 1.01 bits per heavy atom. The van der Waals surface area contributed by atoms with Crippen molar-refractivity contribution in [3.05, 3.63) is 252 Å². The van der Waals surface area contributed by atoms with E-state index in [0.29, 0.717) is 0 Å². The quantitative estimate of drug-likeness (QED) is 0.147. The summed E-state index contributed by atoms with van der Waals surface area (Å²) in [5, 5.41) is 5.13. The molecular formula is C72H54B2N2. The topological polar surface area (TPSA) is 9.86 Å². The average Bonchev–Trinajstić information content (AvgIpc) is 4.15. The van der Waals surface area contributed by atoms with Gasteiger partial charge < -0.3 is 9.13 Å². The first kappa shape index (κ1) is 44.6. The predicted octanol–water partition coefficient (Wildman–Crippen LogP) is 14.1. The van der Waals surface area contributed by atoms with E-state index in [1.54, 1.807) is 0 Å². The standard InChI is InChI=1S/C72H54B2N2/c1-43-33-45(3)69(46(4)34-43)73-59-31-19-29-55-67-57(51-25-15-9-16-26-51)37-53(49-21-11-7-12-22-49)39-65(67)75(71(55)59)63-42-64-62(41-61(63)73)74(70-47(5)35-44(2)36-48(70)6)60-32-20-30-56-68-58(52-27-17-10-18-28-52)38-54(50-23-13-8-14-24-50)40-66(68)76(64)72(56)60/h7-42H,1-6H3. The highest BCUT2D eigenvalue weighted by Crippen LogP contribution is 2.45. The van der Waals surface area contributed by atoms with Gasteiger partial charge in [0.15, 0.2) is 0 Å². The van der Waals surface area contributed by atoms with Gasteiger partial charge in [-0.3, -0.25) is 0 Å². The number of nitrogens with zero attached hydrogens (tertiary/aromatic N) is 2. The molecule has 4 heterocycles. The van der Waals surface area contributed by atoms with Crippen LogP contribution in [0.1, 0.15) is 33.4 Å². The van der Waals surface area contributed by atoms with E-state index in [-0.39, 0.29) is 13.4 Å². The summed E-state index contributed by atoms with van der Waals surface area (Å²) in [5.74, 6) is 0. The number of rotatable bonds is 6. The van der Waals surface area contributed by atoms with Crippen LogP contribution in [-0.2, 0) is 0 Å². The van der Waals surface area contributed by atoms with E-state index in [9.17, 15) is 0 Å². The van der Waals surface area contributed by atoms with Crippen molar-refractivity contribution in [2.24, 2.45) is 0 Å². The zero-order chi connectivity index (χ0) is 51.1. The van der Waals surface area contributed by atoms with Crippen LogP contribution in [0.3, 0.4) is 0 Å². The van der Waals surface area contributed by atoms with Crippen molar-refractivity contribution in [1.29, 1.82) is 0 Å². The highest BCUT2D eigenvalue weighted by atomic mass is 15.0. The average molecular weight is 969 g/mol. The minimum absolute atomic E-state index is 0.0241. The van der Waals surface area contributed by atoms with Gasteiger partial charge in [0.1, 0.15) is 0 Å². The number of aryl methyl sites for hydroxylation is 6. The minimum Gasteiger partial charge on any atom is -0.310 e. The van der Waals surface area contributed by atoms with E-state index in [0.717, 1.165) is 0 Å². The van der Waals surface area contributed by atoms with Gasteiger partial charge in [-0.2, -0.15) is 0 Å². The number of fused-ring (bicyclic) bond motifs is 10. The first-order valence-electron chi connectivity index (χ1n) is 27.0. The lowest BCUT2D eigenvalue weighted by Gasteiger charge is -2.34. The molecule has 0 radical (unpaired) electrons. The Hall–Kier alpha value is -8.85. The molecule has 0 amide bonds. The third-order valence-electron chi connectivity index (χ3n) is 17.2. The van der Waals surface area contributed by atoms with E-state index < -0.39 is 0 Å². The van der Waals surface area contributed by atoms with Crippen LogP contribution >= 0.6 is 0 Å². The molecule has 0 aliphatic carbocycles. The molecule has 0 spiro atoms. The number of hydrogen-bond donors (Lipinski definition) is 0. The fourth-order valence-electron chi connectivity index (χ4n) is 14.4. The molecule has 4 heteroatoms. The maximum absolute atomic E-state index is 2.68. The molecule has 2 nitrogen and oxygen atoms in total. The summed E-state index contributed by atoms with van der Waals surface area (Å²) < 4.78 is 5.35. The van der Waals surface area contributed by atoms with Gasteiger partial charge in [-0.05, 0) is 138 Å². The lowest BCUT2D eigenvalue weighted by Crippen LogP contribution is -2.62. The lowest BCUT2D eigenvalue weighted by atomic mass is 9.31. The summed E-state index contributed by atoms with van der Waals surface area (Å²) in [6, 6.07) is 83.1. The number of para-hydroxylation sites is 2. The normalized spacial score (nSPS) is 12.6. The van der Waals surface area contributed by atoms with Gasteiger partial charge in [0.25, 0.3) is 0 Å². The fraction of sp³-hybridized carbons (Fsp3) is 0.0833. The Labute approximate surface area is 445 Å². The van der Waals surface area contributed by atoms with Gasteiger partial charge in [-0.15, -0.1) is 0 Å². The summed E-state index contributed by atoms with van der Waals surface area (Å²) in [6.45, 7) is 13.8. The monoisotopic (exact) mass is 968 g/mol. The summed E-state index contributed by atoms with van der Waals surface area (Å²) in [6.07, 6.45) is 0. The highest BCUT2D eigenvalue weighted by Gasteiger charge is 2.41. The van der Waals surface area contributed by atoms with Crippen LogP contribution in [0, 0.1) is 41.5 Å². The van der Waals surface area contributed by atoms with Crippen LogP contribution in [0.15, 0.2) is 218 Å². The smallest absolute Gasteiger partial charge is 0.247 e. The molecule has 2 aliphatic rings. The molecular weight excluding hydrogens is 914 g/mol. The van der Waals surface area contributed by atoms with Gasteiger partial charge >= 0.3 is 0 Å². The Morgan fingerprint density at radius 1 is 0.289 bits per heavy atom. The minimum atomic E-state index is -0.0241.